The van der Waals surface area contributed by atoms with Gasteiger partial charge >= 0.3 is 249 Å². The molecule has 3 unspecified atom stereocenters. The molecule has 0 amide bonds. The number of hydrogen-bond donors (Lipinski definition) is 3. The second kappa shape index (κ2) is 25.1. The number of ether oxygens (including phenoxy) is 3. The summed E-state index contributed by atoms with van der Waals surface area (Å²) in [6, 6.07) is 0. The van der Waals surface area contributed by atoms with Crippen molar-refractivity contribution < 1.29 is 37.6 Å². The average molecular weight is 696 g/mol. The Morgan fingerprint density at radius 3 is 1.03 bits per heavy atom. The fourth-order valence-corrected chi connectivity index (χ4v) is 7.11. The molecule has 0 aliphatic heterocycles. The molecule has 0 aliphatic carbocycles. The van der Waals surface area contributed by atoms with Crippen LogP contribution in [0.4, 0.5) is 0 Å². The van der Waals surface area contributed by atoms with Gasteiger partial charge in [0.2, 0.25) is 0 Å². The molecule has 13 heteroatoms. The third-order valence-corrected chi connectivity index (χ3v) is 9.75. The Morgan fingerprint density at radius 1 is 0.541 bits per heavy atom. The van der Waals surface area contributed by atoms with E-state index < -0.39 is 57.1 Å². The fourth-order valence-electron chi connectivity index (χ4n) is 3.26. The SMILES string of the molecule is COCCCCC(CS)C(=O)[O][Sb]([O]C(=O)C(CS)CCCCOC)[O]C(=O)C(CS)CCCCOC. The Hall–Kier alpha value is 0.158. The molecule has 37 heavy (non-hydrogen) atoms. The first-order valence-corrected chi connectivity index (χ1v) is 17.7. The van der Waals surface area contributed by atoms with Crippen LogP contribution in [0.2, 0.25) is 0 Å². The molecule has 0 heterocycles. The van der Waals surface area contributed by atoms with Crippen molar-refractivity contribution in [1.82, 2.24) is 0 Å². The molecular formula is C24H45O9S3Sb. The summed E-state index contributed by atoms with van der Waals surface area (Å²) in [5.74, 6) is -2.43. The molecule has 0 rings (SSSR count). The van der Waals surface area contributed by atoms with Crippen molar-refractivity contribution in [2.24, 2.45) is 17.8 Å². The summed E-state index contributed by atoms with van der Waals surface area (Å²) in [6.45, 7) is 1.78. The van der Waals surface area contributed by atoms with Crippen LogP contribution in [0.1, 0.15) is 57.8 Å². The van der Waals surface area contributed by atoms with Crippen LogP contribution in [-0.2, 0) is 37.6 Å². The van der Waals surface area contributed by atoms with Crippen molar-refractivity contribution in [3.05, 3.63) is 0 Å². The van der Waals surface area contributed by atoms with Gasteiger partial charge in [0.15, 0.2) is 0 Å². The van der Waals surface area contributed by atoms with E-state index in [1.807, 2.05) is 0 Å². The van der Waals surface area contributed by atoms with Crippen molar-refractivity contribution in [2.75, 3.05) is 58.4 Å². The molecule has 0 saturated carbocycles. The van der Waals surface area contributed by atoms with Crippen LogP contribution in [0, 0.1) is 17.8 Å². The van der Waals surface area contributed by atoms with Gasteiger partial charge in [-0.3, -0.25) is 0 Å². The first-order chi connectivity index (χ1) is 17.9. The van der Waals surface area contributed by atoms with Gasteiger partial charge < -0.3 is 0 Å². The minimum atomic E-state index is -4.02. The average Bonchev–Trinajstić information content (AvgIpc) is 2.88. The molecule has 0 aliphatic rings. The van der Waals surface area contributed by atoms with Gasteiger partial charge in [0.1, 0.15) is 0 Å². The second-order valence-corrected chi connectivity index (χ2v) is 12.5. The summed E-state index contributed by atoms with van der Waals surface area (Å²) >= 11 is 8.82. The van der Waals surface area contributed by atoms with Crippen LogP contribution in [-0.4, -0.2) is 97.8 Å². The van der Waals surface area contributed by atoms with E-state index >= 15 is 0 Å². The summed E-state index contributed by atoms with van der Waals surface area (Å²) in [6.07, 6.45) is 6.25. The molecule has 0 saturated heterocycles. The normalized spacial score (nSPS) is 13.7. The monoisotopic (exact) mass is 694 g/mol. The zero-order chi connectivity index (χ0) is 27.9. The predicted molar refractivity (Wildman–Crippen MR) is 153 cm³/mol. The molecule has 3 atom stereocenters. The van der Waals surface area contributed by atoms with Gasteiger partial charge in [-0.25, -0.2) is 0 Å². The fraction of sp³-hybridized carbons (Fsp3) is 0.875. The Kier molecular flexibility index (Phi) is 25.3. The minimum absolute atomic E-state index is 0.263. The van der Waals surface area contributed by atoms with Gasteiger partial charge in [-0.05, 0) is 0 Å². The van der Waals surface area contributed by atoms with Crippen molar-refractivity contribution in [3.8, 4) is 0 Å². The summed E-state index contributed by atoms with van der Waals surface area (Å²) in [7, 11) is 4.86. The van der Waals surface area contributed by atoms with Gasteiger partial charge in [0.25, 0.3) is 0 Å². The van der Waals surface area contributed by atoms with Crippen molar-refractivity contribution >= 4 is 77.3 Å². The van der Waals surface area contributed by atoms with Crippen LogP contribution >= 0.6 is 37.9 Å². The number of rotatable bonds is 24. The number of methoxy groups -OCH3 is 3. The quantitative estimate of drug-likeness (QED) is 0.0793. The van der Waals surface area contributed by atoms with Gasteiger partial charge in [0.05, 0.1) is 0 Å². The van der Waals surface area contributed by atoms with Gasteiger partial charge in [-0.1, -0.05) is 0 Å². The van der Waals surface area contributed by atoms with Crippen molar-refractivity contribution in [3.63, 3.8) is 0 Å². The Labute approximate surface area is 247 Å². The number of carbonyl (C=O) groups is 3. The summed E-state index contributed by atoms with van der Waals surface area (Å²) in [5.41, 5.74) is 0. The standard InChI is InChI=1S/3C8H16O3S.Sb/c3*1-11-5-3-2-4-7(6-12)8(9)10;/h3*7,12H,2-6H2,1H3,(H,9,10);/q;;;+3/p-3. The van der Waals surface area contributed by atoms with E-state index in [0.717, 1.165) is 38.5 Å². The maximum atomic E-state index is 12.9. The van der Waals surface area contributed by atoms with Crippen LogP contribution in [0.5, 0.6) is 0 Å². The third kappa shape index (κ3) is 18.2. The number of thiol groups is 3. The third-order valence-electron chi connectivity index (χ3n) is 5.61. The molecule has 0 fully saturated rings. The van der Waals surface area contributed by atoms with E-state index in [2.05, 4.69) is 37.9 Å². The predicted octanol–water partition coefficient (Wildman–Crippen LogP) is 3.69. The molecule has 0 aromatic carbocycles. The summed E-state index contributed by atoms with van der Waals surface area (Å²) < 4.78 is 31.9. The first-order valence-electron chi connectivity index (χ1n) is 12.6. The maximum absolute atomic E-state index is 12.9. The van der Waals surface area contributed by atoms with Crippen LogP contribution in [0.25, 0.3) is 0 Å². The van der Waals surface area contributed by atoms with Gasteiger partial charge in [-0.15, -0.1) is 0 Å². The molecule has 0 aromatic rings. The molecule has 218 valence electrons. The molecule has 0 bridgehead atoms. The van der Waals surface area contributed by atoms with E-state index in [-0.39, 0.29) is 17.3 Å². The molecule has 0 radical (unpaired) electrons. The number of unbranched alkanes of at least 4 members (excludes halogenated alkanes) is 3. The topological polar surface area (TPSA) is 107 Å². The zero-order valence-corrected chi connectivity index (χ0v) is 27.5. The molecule has 0 aromatic heterocycles. The second-order valence-electron chi connectivity index (χ2n) is 8.56. The molecule has 9 nitrogen and oxygen atoms in total. The van der Waals surface area contributed by atoms with Gasteiger partial charge in [-0.2, -0.15) is 0 Å². The Balaban J connectivity index is 5.32. The molecule has 0 spiro atoms. The first kappa shape index (κ1) is 37.2. The molecular weight excluding hydrogens is 650 g/mol. The van der Waals surface area contributed by atoms with Crippen LogP contribution in [0.3, 0.4) is 0 Å². The Morgan fingerprint density at radius 2 is 0.811 bits per heavy atom. The van der Waals surface area contributed by atoms with Crippen molar-refractivity contribution in [2.45, 2.75) is 57.8 Å². The van der Waals surface area contributed by atoms with Crippen LogP contribution in [0.15, 0.2) is 0 Å². The van der Waals surface area contributed by atoms with E-state index in [1.54, 1.807) is 21.3 Å². The molecule has 0 N–H and O–H groups in total. The van der Waals surface area contributed by atoms with E-state index in [9.17, 15) is 14.4 Å². The number of carbonyl (C=O) groups excluding carboxylic acids is 3. The number of hydrogen-bond acceptors (Lipinski definition) is 12. The summed E-state index contributed by atoms with van der Waals surface area (Å²) in [4.78, 5) is 38.6. The van der Waals surface area contributed by atoms with Gasteiger partial charge in [0, 0.05) is 0 Å². The van der Waals surface area contributed by atoms with Crippen LogP contribution < -0.4 is 0 Å². The van der Waals surface area contributed by atoms with Crippen molar-refractivity contribution in [1.29, 1.82) is 0 Å². The Bertz CT molecular complexity index is 535. The van der Waals surface area contributed by atoms with E-state index in [1.165, 1.54) is 0 Å². The van der Waals surface area contributed by atoms with E-state index in [0.29, 0.717) is 39.1 Å². The zero-order valence-electron chi connectivity index (χ0n) is 22.3. The summed E-state index contributed by atoms with van der Waals surface area (Å²) in [5, 5.41) is 0. The van der Waals surface area contributed by atoms with E-state index in [4.69, 9.17) is 23.3 Å².